The Labute approximate surface area is 143 Å². The van der Waals surface area contributed by atoms with E-state index in [-0.39, 0.29) is 18.3 Å². The summed E-state index contributed by atoms with van der Waals surface area (Å²) in [6.07, 6.45) is 0. The molecule has 0 bridgehead atoms. The lowest BCUT2D eigenvalue weighted by atomic mass is 10.1. The van der Waals surface area contributed by atoms with Crippen molar-refractivity contribution in [1.29, 1.82) is 0 Å². The summed E-state index contributed by atoms with van der Waals surface area (Å²) in [5.74, 6) is -0.421. The van der Waals surface area contributed by atoms with Crippen LogP contribution >= 0.6 is 0 Å². The summed E-state index contributed by atoms with van der Waals surface area (Å²) in [5, 5.41) is 17.5. The van der Waals surface area contributed by atoms with Crippen LogP contribution in [0.1, 0.15) is 12.6 Å². The first-order valence-electron chi connectivity index (χ1n) is 7.78. The van der Waals surface area contributed by atoms with Crippen LogP contribution < -0.4 is 5.32 Å². The third-order valence-corrected chi connectivity index (χ3v) is 4.07. The number of para-hydroxylation sites is 2. The fourth-order valence-electron chi connectivity index (χ4n) is 2.60. The molecular formula is C16H18N6O3. The second-order valence-electron chi connectivity index (χ2n) is 5.96. The zero-order chi connectivity index (χ0) is 18.1. The molecule has 0 aliphatic heterocycles. The summed E-state index contributed by atoms with van der Waals surface area (Å²) >= 11 is 0. The highest BCUT2D eigenvalue weighted by atomic mass is 16.6. The Morgan fingerprint density at radius 2 is 2.12 bits per heavy atom. The number of aromatic nitrogens is 4. The molecule has 3 rings (SSSR count). The number of imidazole rings is 1. The van der Waals surface area contributed by atoms with Gasteiger partial charge in [-0.15, -0.1) is 0 Å². The second-order valence-corrected chi connectivity index (χ2v) is 5.96. The highest BCUT2D eigenvalue weighted by Gasteiger charge is 2.22. The van der Waals surface area contributed by atoms with E-state index in [2.05, 4.69) is 15.4 Å². The Balaban J connectivity index is 1.74. The van der Waals surface area contributed by atoms with E-state index >= 15 is 0 Å². The molecule has 0 saturated heterocycles. The molecule has 25 heavy (non-hydrogen) atoms. The minimum atomic E-state index is -0.548. The number of aryl methyl sites for hydroxylation is 2. The van der Waals surface area contributed by atoms with Crippen molar-refractivity contribution in [2.75, 3.05) is 5.32 Å². The van der Waals surface area contributed by atoms with Crippen LogP contribution in [-0.4, -0.2) is 30.2 Å². The third-order valence-electron chi connectivity index (χ3n) is 4.07. The Morgan fingerprint density at radius 1 is 1.40 bits per heavy atom. The van der Waals surface area contributed by atoms with Crippen LogP contribution in [-0.2, 0) is 18.4 Å². The minimum absolute atomic E-state index is 0.222. The van der Waals surface area contributed by atoms with E-state index in [4.69, 9.17) is 0 Å². The number of hydrogen-bond acceptors (Lipinski definition) is 5. The smallest absolute Gasteiger partial charge is 0.358 e. The van der Waals surface area contributed by atoms with Gasteiger partial charge < -0.3 is 14.7 Å². The van der Waals surface area contributed by atoms with Gasteiger partial charge in [-0.1, -0.05) is 19.1 Å². The zero-order valence-electron chi connectivity index (χ0n) is 14.1. The number of amides is 1. The molecule has 1 aromatic carbocycles. The van der Waals surface area contributed by atoms with Crippen molar-refractivity contribution >= 4 is 28.7 Å². The molecule has 0 aliphatic carbocycles. The fourth-order valence-corrected chi connectivity index (χ4v) is 2.60. The van der Waals surface area contributed by atoms with Crippen LogP contribution in [0.5, 0.6) is 0 Å². The largest absolute Gasteiger partial charge is 0.390 e. The molecule has 0 spiro atoms. The van der Waals surface area contributed by atoms with Crippen molar-refractivity contribution in [3.8, 4) is 0 Å². The molecule has 1 unspecified atom stereocenters. The van der Waals surface area contributed by atoms with E-state index in [9.17, 15) is 14.9 Å². The summed E-state index contributed by atoms with van der Waals surface area (Å²) in [7, 11) is 1.83. The molecule has 0 aliphatic rings. The van der Waals surface area contributed by atoms with Gasteiger partial charge in [-0.05, 0) is 24.0 Å². The minimum Gasteiger partial charge on any atom is -0.358 e. The highest BCUT2D eigenvalue weighted by Crippen LogP contribution is 2.19. The third kappa shape index (κ3) is 3.21. The van der Waals surface area contributed by atoms with Crippen molar-refractivity contribution in [2.45, 2.75) is 20.4 Å². The van der Waals surface area contributed by atoms with Crippen LogP contribution in [0.25, 0.3) is 11.0 Å². The van der Waals surface area contributed by atoms with Gasteiger partial charge >= 0.3 is 5.82 Å². The maximum absolute atomic E-state index is 12.5. The zero-order valence-corrected chi connectivity index (χ0v) is 14.1. The quantitative estimate of drug-likeness (QED) is 0.565. The predicted octanol–water partition coefficient (Wildman–Crippen LogP) is 2.26. The summed E-state index contributed by atoms with van der Waals surface area (Å²) in [5.41, 5.74) is 2.35. The molecule has 0 saturated carbocycles. The summed E-state index contributed by atoms with van der Waals surface area (Å²) in [4.78, 5) is 27.1. The van der Waals surface area contributed by atoms with Crippen LogP contribution in [0.4, 0.5) is 11.8 Å². The van der Waals surface area contributed by atoms with Crippen LogP contribution in [0.2, 0.25) is 0 Å². The molecule has 0 fully saturated rings. The Kier molecular flexibility index (Phi) is 4.22. The SMILES string of the molecule is Cc1cc([N+](=O)[O-])nn1CC(C)C(=O)Nc1nc2ccccc2n1C. The molecule has 2 aromatic heterocycles. The number of carbonyl (C=O) groups excluding carboxylic acids is 1. The van der Waals surface area contributed by atoms with Crippen molar-refractivity contribution < 1.29 is 9.72 Å². The van der Waals surface area contributed by atoms with Crippen LogP contribution in [0.15, 0.2) is 30.3 Å². The maximum atomic E-state index is 12.5. The average Bonchev–Trinajstić information content (AvgIpc) is 3.09. The van der Waals surface area contributed by atoms with Gasteiger partial charge in [0.25, 0.3) is 0 Å². The van der Waals surface area contributed by atoms with Gasteiger partial charge in [-0.25, -0.2) is 4.98 Å². The van der Waals surface area contributed by atoms with Crippen molar-refractivity contribution in [2.24, 2.45) is 13.0 Å². The van der Waals surface area contributed by atoms with E-state index in [0.29, 0.717) is 11.6 Å². The van der Waals surface area contributed by atoms with Gasteiger partial charge in [0.1, 0.15) is 0 Å². The topological polar surface area (TPSA) is 108 Å². The fraction of sp³-hybridized carbons (Fsp3) is 0.312. The molecule has 130 valence electrons. The Hall–Kier alpha value is -3.23. The molecule has 3 aromatic rings. The predicted molar refractivity (Wildman–Crippen MR) is 92.1 cm³/mol. The summed E-state index contributed by atoms with van der Waals surface area (Å²) in [6.45, 7) is 3.70. The number of fused-ring (bicyclic) bond motifs is 1. The van der Waals surface area contributed by atoms with Crippen LogP contribution in [0, 0.1) is 23.0 Å². The molecule has 1 amide bonds. The number of nitrogens with one attached hydrogen (secondary N) is 1. The Morgan fingerprint density at radius 3 is 2.76 bits per heavy atom. The lowest BCUT2D eigenvalue weighted by Gasteiger charge is -2.11. The number of anilines is 1. The van der Waals surface area contributed by atoms with Gasteiger partial charge in [0.15, 0.2) is 0 Å². The van der Waals surface area contributed by atoms with Crippen molar-refractivity contribution in [3.05, 3.63) is 46.1 Å². The van der Waals surface area contributed by atoms with Gasteiger partial charge in [-0.3, -0.25) is 10.1 Å². The highest BCUT2D eigenvalue weighted by molar-refractivity contribution is 5.92. The normalized spacial score (nSPS) is 12.3. The first-order chi connectivity index (χ1) is 11.9. The second kappa shape index (κ2) is 6.34. The van der Waals surface area contributed by atoms with Crippen LogP contribution in [0.3, 0.4) is 0 Å². The number of carbonyl (C=O) groups is 1. The standard InChI is InChI=1S/C16H18N6O3/c1-10(9-21-11(2)8-14(19-21)22(24)25)15(23)18-16-17-12-6-4-5-7-13(12)20(16)3/h4-8,10H,9H2,1-3H3,(H,17,18,23). The molecule has 0 radical (unpaired) electrons. The van der Waals surface area contributed by atoms with E-state index < -0.39 is 10.8 Å². The lowest BCUT2D eigenvalue weighted by Crippen LogP contribution is -2.26. The van der Waals surface area contributed by atoms with Crippen molar-refractivity contribution in [3.63, 3.8) is 0 Å². The number of benzene rings is 1. The first-order valence-corrected chi connectivity index (χ1v) is 7.78. The van der Waals surface area contributed by atoms with Gasteiger partial charge in [0.2, 0.25) is 11.9 Å². The first kappa shape index (κ1) is 16.6. The summed E-state index contributed by atoms with van der Waals surface area (Å²) in [6, 6.07) is 8.98. The molecule has 1 atom stereocenters. The monoisotopic (exact) mass is 342 g/mol. The summed E-state index contributed by atoms with van der Waals surface area (Å²) < 4.78 is 3.28. The number of hydrogen-bond donors (Lipinski definition) is 1. The van der Waals surface area contributed by atoms with Gasteiger partial charge in [0.05, 0.1) is 40.4 Å². The van der Waals surface area contributed by atoms with Crippen molar-refractivity contribution in [1.82, 2.24) is 19.3 Å². The van der Waals surface area contributed by atoms with E-state index in [1.54, 1.807) is 13.8 Å². The van der Waals surface area contributed by atoms with E-state index in [0.717, 1.165) is 11.0 Å². The maximum Gasteiger partial charge on any atom is 0.390 e. The Bertz CT molecular complexity index is 958. The molecule has 2 heterocycles. The van der Waals surface area contributed by atoms with E-state index in [1.165, 1.54) is 10.7 Å². The molecular weight excluding hydrogens is 324 g/mol. The molecule has 9 nitrogen and oxygen atoms in total. The number of nitrogens with zero attached hydrogens (tertiary/aromatic N) is 5. The number of nitro groups is 1. The van der Waals surface area contributed by atoms with E-state index in [1.807, 2.05) is 35.9 Å². The van der Waals surface area contributed by atoms with Gasteiger partial charge in [-0.2, -0.15) is 4.68 Å². The number of rotatable bonds is 5. The molecule has 9 heteroatoms. The lowest BCUT2D eigenvalue weighted by molar-refractivity contribution is -0.389. The molecule has 1 N–H and O–H groups in total. The van der Waals surface area contributed by atoms with Gasteiger partial charge in [0, 0.05) is 7.05 Å². The average molecular weight is 342 g/mol.